The standard InChI is InChI=1S/C19H19N3O3/c20-13-16-12-18(6-9-21-16)25-17-7-10-22(11-8-17)19(23)24-14-15-4-2-1-3-5-15/h1-6,9,12,17H,7-8,10-11,14H2. The highest BCUT2D eigenvalue weighted by molar-refractivity contribution is 5.67. The third-order valence-electron chi connectivity index (χ3n) is 4.05. The first kappa shape index (κ1) is 16.8. The summed E-state index contributed by atoms with van der Waals surface area (Å²) in [5, 5.41) is 8.87. The second kappa shape index (κ2) is 8.15. The van der Waals surface area contributed by atoms with Gasteiger partial charge in [-0.25, -0.2) is 9.78 Å². The number of amides is 1. The van der Waals surface area contributed by atoms with Crippen molar-refractivity contribution in [3.05, 3.63) is 59.9 Å². The van der Waals surface area contributed by atoms with Gasteiger partial charge in [0.25, 0.3) is 0 Å². The Kier molecular flexibility index (Phi) is 5.47. The van der Waals surface area contributed by atoms with E-state index in [2.05, 4.69) is 4.98 Å². The van der Waals surface area contributed by atoms with Gasteiger partial charge < -0.3 is 14.4 Å². The summed E-state index contributed by atoms with van der Waals surface area (Å²) in [5.74, 6) is 0.636. The fraction of sp³-hybridized carbons (Fsp3) is 0.316. The average Bonchev–Trinajstić information content (AvgIpc) is 2.67. The van der Waals surface area contributed by atoms with E-state index in [1.165, 1.54) is 0 Å². The molecule has 1 aromatic heterocycles. The van der Waals surface area contributed by atoms with E-state index < -0.39 is 0 Å². The molecular formula is C19H19N3O3. The lowest BCUT2D eigenvalue weighted by molar-refractivity contribution is 0.0638. The van der Waals surface area contributed by atoms with E-state index in [0.717, 1.165) is 18.4 Å². The molecule has 1 aliphatic rings. The van der Waals surface area contributed by atoms with Crippen molar-refractivity contribution in [2.45, 2.75) is 25.6 Å². The van der Waals surface area contributed by atoms with Crippen molar-refractivity contribution in [1.29, 1.82) is 5.26 Å². The van der Waals surface area contributed by atoms with Crippen molar-refractivity contribution in [2.75, 3.05) is 13.1 Å². The molecule has 6 nitrogen and oxygen atoms in total. The van der Waals surface area contributed by atoms with Crippen LogP contribution >= 0.6 is 0 Å². The summed E-state index contributed by atoms with van der Waals surface area (Å²) in [5.41, 5.74) is 1.31. The van der Waals surface area contributed by atoms with E-state index >= 15 is 0 Å². The van der Waals surface area contributed by atoms with E-state index in [1.54, 1.807) is 23.2 Å². The first-order valence-corrected chi connectivity index (χ1v) is 8.23. The number of pyridine rings is 1. The molecule has 0 radical (unpaired) electrons. The number of piperidine rings is 1. The Balaban J connectivity index is 1.45. The van der Waals surface area contributed by atoms with E-state index in [1.807, 2.05) is 36.4 Å². The van der Waals surface area contributed by atoms with E-state index in [4.69, 9.17) is 14.7 Å². The zero-order valence-corrected chi connectivity index (χ0v) is 13.8. The maximum absolute atomic E-state index is 12.1. The predicted molar refractivity (Wildman–Crippen MR) is 90.8 cm³/mol. The minimum absolute atomic E-state index is 0.0205. The normalized spacial score (nSPS) is 14.6. The average molecular weight is 337 g/mol. The summed E-state index contributed by atoms with van der Waals surface area (Å²) in [6, 6.07) is 15.0. The number of carbonyl (C=O) groups excluding carboxylic acids is 1. The van der Waals surface area contributed by atoms with Gasteiger partial charge in [0.05, 0.1) is 0 Å². The smallest absolute Gasteiger partial charge is 0.410 e. The van der Waals surface area contributed by atoms with Gasteiger partial charge in [-0.1, -0.05) is 30.3 Å². The number of carbonyl (C=O) groups is 1. The molecule has 1 saturated heterocycles. The maximum atomic E-state index is 12.1. The van der Waals surface area contributed by atoms with Crippen molar-refractivity contribution in [3.63, 3.8) is 0 Å². The molecule has 128 valence electrons. The highest BCUT2D eigenvalue weighted by Crippen LogP contribution is 2.19. The van der Waals surface area contributed by atoms with Gasteiger partial charge >= 0.3 is 6.09 Å². The van der Waals surface area contributed by atoms with Crippen LogP contribution in [0.3, 0.4) is 0 Å². The molecule has 1 amide bonds. The van der Waals surface area contributed by atoms with Crippen LogP contribution in [-0.4, -0.2) is 35.2 Å². The number of hydrogen-bond acceptors (Lipinski definition) is 5. The summed E-state index contributed by atoms with van der Waals surface area (Å²) >= 11 is 0. The largest absolute Gasteiger partial charge is 0.490 e. The van der Waals surface area contributed by atoms with Crippen molar-refractivity contribution in [1.82, 2.24) is 9.88 Å². The Bertz CT molecular complexity index is 750. The van der Waals surface area contributed by atoms with Gasteiger partial charge in [0.1, 0.15) is 30.2 Å². The molecule has 1 aliphatic heterocycles. The van der Waals surface area contributed by atoms with Crippen LogP contribution < -0.4 is 4.74 Å². The third-order valence-corrected chi connectivity index (χ3v) is 4.05. The first-order chi connectivity index (χ1) is 12.2. The topological polar surface area (TPSA) is 75.5 Å². The van der Waals surface area contributed by atoms with Gasteiger partial charge in [-0.2, -0.15) is 5.26 Å². The lowest BCUT2D eigenvalue weighted by atomic mass is 10.1. The number of nitrogens with zero attached hydrogens (tertiary/aromatic N) is 3. The number of likely N-dealkylation sites (tertiary alicyclic amines) is 1. The second-order valence-corrected chi connectivity index (χ2v) is 5.83. The summed E-state index contributed by atoms with van der Waals surface area (Å²) in [6.45, 7) is 1.47. The van der Waals surface area contributed by atoms with Gasteiger partial charge in [0, 0.05) is 38.2 Å². The van der Waals surface area contributed by atoms with Crippen LogP contribution in [0.15, 0.2) is 48.7 Å². The van der Waals surface area contributed by atoms with Crippen molar-refractivity contribution < 1.29 is 14.3 Å². The molecule has 0 saturated carbocycles. The van der Waals surface area contributed by atoms with Crippen LogP contribution in [0.4, 0.5) is 4.79 Å². The van der Waals surface area contributed by atoms with Gasteiger partial charge in [-0.3, -0.25) is 0 Å². The molecule has 2 heterocycles. The number of nitriles is 1. The Morgan fingerprint density at radius 1 is 1.24 bits per heavy atom. The van der Waals surface area contributed by atoms with Crippen LogP contribution in [0, 0.1) is 11.3 Å². The molecule has 0 aliphatic carbocycles. The Hall–Kier alpha value is -3.07. The second-order valence-electron chi connectivity index (χ2n) is 5.83. The minimum Gasteiger partial charge on any atom is -0.490 e. The lowest BCUT2D eigenvalue weighted by Crippen LogP contribution is -2.42. The summed E-state index contributed by atoms with van der Waals surface area (Å²) < 4.78 is 11.2. The SMILES string of the molecule is N#Cc1cc(OC2CCN(C(=O)OCc3ccccc3)CC2)ccn1. The number of ether oxygens (including phenoxy) is 2. The van der Waals surface area contributed by atoms with E-state index in [0.29, 0.717) is 24.5 Å². The van der Waals surface area contributed by atoms with Gasteiger partial charge in [-0.05, 0) is 11.6 Å². The molecule has 1 aromatic carbocycles. The third kappa shape index (κ3) is 4.70. The zero-order valence-electron chi connectivity index (χ0n) is 13.8. The summed E-state index contributed by atoms with van der Waals surface area (Å²) in [6.07, 6.45) is 2.74. The number of rotatable bonds is 4. The fourth-order valence-corrected chi connectivity index (χ4v) is 2.70. The number of hydrogen-bond donors (Lipinski definition) is 0. The molecule has 3 rings (SSSR count). The maximum Gasteiger partial charge on any atom is 0.410 e. The van der Waals surface area contributed by atoms with Gasteiger partial charge in [0.15, 0.2) is 0 Å². The molecule has 0 N–H and O–H groups in total. The number of benzene rings is 1. The molecule has 0 spiro atoms. The van der Waals surface area contributed by atoms with E-state index in [-0.39, 0.29) is 18.8 Å². The Labute approximate surface area is 146 Å². The fourth-order valence-electron chi connectivity index (χ4n) is 2.70. The quantitative estimate of drug-likeness (QED) is 0.857. The van der Waals surface area contributed by atoms with Crippen LogP contribution in [-0.2, 0) is 11.3 Å². The number of aromatic nitrogens is 1. The molecule has 2 aromatic rings. The van der Waals surface area contributed by atoms with Crippen LogP contribution in [0.2, 0.25) is 0 Å². The molecule has 25 heavy (non-hydrogen) atoms. The van der Waals surface area contributed by atoms with Crippen molar-refractivity contribution in [3.8, 4) is 11.8 Å². The Morgan fingerprint density at radius 2 is 2.00 bits per heavy atom. The summed E-state index contributed by atoms with van der Waals surface area (Å²) in [7, 11) is 0. The highest BCUT2D eigenvalue weighted by atomic mass is 16.6. The minimum atomic E-state index is -0.294. The van der Waals surface area contributed by atoms with Crippen molar-refractivity contribution >= 4 is 6.09 Å². The molecule has 0 unspecified atom stereocenters. The first-order valence-electron chi connectivity index (χ1n) is 8.23. The van der Waals surface area contributed by atoms with Crippen LogP contribution in [0.25, 0.3) is 0 Å². The van der Waals surface area contributed by atoms with Crippen LogP contribution in [0.5, 0.6) is 5.75 Å². The monoisotopic (exact) mass is 337 g/mol. The van der Waals surface area contributed by atoms with Gasteiger partial charge in [0.2, 0.25) is 0 Å². The molecule has 6 heteroatoms. The molecule has 0 bridgehead atoms. The Morgan fingerprint density at radius 3 is 2.72 bits per heavy atom. The molecular weight excluding hydrogens is 318 g/mol. The lowest BCUT2D eigenvalue weighted by Gasteiger charge is -2.31. The van der Waals surface area contributed by atoms with E-state index in [9.17, 15) is 4.79 Å². The van der Waals surface area contributed by atoms with Crippen molar-refractivity contribution in [2.24, 2.45) is 0 Å². The predicted octanol–water partition coefficient (Wildman–Crippen LogP) is 3.13. The molecule has 0 atom stereocenters. The summed E-state index contributed by atoms with van der Waals surface area (Å²) in [4.78, 5) is 17.8. The van der Waals surface area contributed by atoms with Gasteiger partial charge in [-0.15, -0.1) is 0 Å². The molecule has 1 fully saturated rings. The highest BCUT2D eigenvalue weighted by Gasteiger charge is 2.25. The van der Waals surface area contributed by atoms with Crippen LogP contribution in [0.1, 0.15) is 24.1 Å². The zero-order chi connectivity index (χ0) is 17.5.